The average molecular weight is 453 g/mol. The fourth-order valence-corrected chi connectivity index (χ4v) is 4.25. The Morgan fingerprint density at radius 2 is 1.65 bits per heavy atom. The molecule has 0 atom stereocenters. The molecule has 4 aromatic rings. The second kappa shape index (κ2) is 9.87. The molecule has 1 aliphatic heterocycles. The standard InChI is InChI=1S/C27H28N6O/c1-2-9-24-29-26(23-20-28-33(27(23)30-24)22-12-7-4-8-13-22)32-18-16-31(17-19-32)25(34)15-14-21-10-5-3-6-11-21/h3-8,10-15,20H,2,9,16-19H2,1H3/b15-14+. The predicted molar refractivity (Wildman–Crippen MR) is 135 cm³/mol. The first kappa shape index (κ1) is 21.8. The molecule has 0 bridgehead atoms. The molecule has 1 amide bonds. The summed E-state index contributed by atoms with van der Waals surface area (Å²) in [5.41, 5.74) is 2.82. The summed E-state index contributed by atoms with van der Waals surface area (Å²) in [7, 11) is 0. The minimum atomic E-state index is 0.0416. The number of anilines is 1. The fourth-order valence-electron chi connectivity index (χ4n) is 4.25. The van der Waals surface area contributed by atoms with Crippen LogP contribution in [0.2, 0.25) is 0 Å². The van der Waals surface area contributed by atoms with Crippen LogP contribution in [0.5, 0.6) is 0 Å². The van der Waals surface area contributed by atoms with Crippen molar-refractivity contribution < 1.29 is 4.79 Å². The summed E-state index contributed by atoms with van der Waals surface area (Å²) in [6.07, 6.45) is 7.18. The smallest absolute Gasteiger partial charge is 0.246 e. The molecule has 0 saturated carbocycles. The molecule has 7 nitrogen and oxygen atoms in total. The van der Waals surface area contributed by atoms with Crippen LogP contribution in [-0.2, 0) is 11.2 Å². The number of hydrogen-bond acceptors (Lipinski definition) is 5. The molecule has 172 valence electrons. The summed E-state index contributed by atoms with van der Waals surface area (Å²) < 4.78 is 1.88. The molecule has 1 aliphatic rings. The second-order valence-electron chi connectivity index (χ2n) is 8.40. The van der Waals surface area contributed by atoms with Crippen LogP contribution in [0.1, 0.15) is 24.7 Å². The van der Waals surface area contributed by atoms with Gasteiger partial charge in [0.1, 0.15) is 11.6 Å². The van der Waals surface area contributed by atoms with Gasteiger partial charge in [0.05, 0.1) is 17.3 Å². The molecule has 2 aromatic heterocycles. The van der Waals surface area contributed by atoms with Crippen molar-refractivity contribution in [1.29, 1.82) is 0 Å². The summed E-state index contributed by atoms with van der Waals surface area (Å²) in [6, 6.07) is 19.9. The van der Waals surface area contributed by atoms with E-state index in [-0.39, 0.29) is 5.91 Å². The van der Waals surface area contributed by atoms with E-state index in [1.165, 1.54) is 0 Å². The van der Waals surface area contributed by atoms with Crippen molar-refractivity contribution in [2.24, 2.45) is 0 Å². The summed E-state index contributed by atoms with van der Waals surface area (Å²) in [6.45, 7) is 4.88. The zero-order chi connectivity index (χ0) is 23.3. The number of amides is 1. The lowest BCUT2D eigenvalue weighted by molar-refractivity contribution is -0.126. The maximum atomic E-state index is 12.7. The number of nitrogens with zero attached hydrogens (tertiary/aromatic N) is 6. The molecule has 2 aromatic carbocycles. The third-order valence-corrected chi connectivity index (χ3v) is 6.04. The van der Waals surface area contributed by atoms with Crippen molar-refractivity contribution in [2.45, 2.75) is 19.8 Å². The Morgan fingerprint density at radius 1 is 0.941 bits per heavy atom. The number of carbonyl (C=O) groups is 1. The first-order valence-electron chi connectivity index (χ1n) is 11.8. The van der Waals surface area contributed by atoms with Crippen LogP contribution in [0.3, 0.4) is 0 Å². The zero-order valence-electron chi connectivity index (χ0n) is 19.3. The topological polar surface area (TPSA) is 67.2 Å². The highest BCUT2D eigenvalue weighted by atomic mass is 16.2. The van der Waals surface area contributed by atoms with Crippen molar-refractivity contribution in [3.05, 3.63) is 84.3 Å². The summed E-state index contributed by atoms with van der Waals surface area (Å²) in [4.78, 5) is 26.6. The SMILES string of the molecule is CCCc1nc(N2CCN(C(=O)/C=C/c3ccccc3)CC2)c2cnn(-c3ccccc3)c2n1. The van der Waals surface area contributed by atoms with Gasteiger partial charge in [-0.05, 0) is 30.2 Å². The lowest BCUT2D eigenvalue weighted by Gasteiger charge is -2.35. The van der Waals surface area contributed by atoms with Crippen molar-refractivity contribution in [3.8, 4) is 5.69 Å². The van der Waals surface area contributed by atoms with E-state index in [2.05, 4.69) is 16.9 Å². The van der Waals surface area contributed by atoms with E-state index >= 15 is 0 Å². The van der Waals surface area contributed by atoms with Crippen molar-refractivity contribution in [2.75, 3.05) is 31.1 Å². The van der Waals surface area contributed by atoms with Gasteiger partial charge in [-0.2, -0.15) is 5.10 Å². The Kier molecular flexibility index (Phi) is 6.33. The average Bonchev–Trinajstić information content (AvgIpc) is 3.32. The van der Waals surface area contributed by atoms with E-state index in [4.69, 9.17) is 9.97 Å². The fraction of sp³-hybridized carbons (Fsp3) is 0.259. The predicted octanol–water partition coefficient (Wildman–Crippen LogP) is 4.13. The number of rotatable bonds is 6. The van der Waals surface area contributed by atoms with Gasteiger partial charge in [-0.3, -0.25) is 4.79 Å². The lowest BCUT2D eigenvalue weighted by Crippen LogP contribution is -2.48. The molecule has 0 unspecified atom stereocenters. The van der Waals surface area contributed by atoms with Crippen LogP contribution in [0.15, 0.2) is 72.9 Å². The first-order valence-corrected chi connectivity index (χ1v) is 11.8. The van der Waals surface area contributed by atoms with Crippen LogP contribution in [0, 0.1) is 0 Å². The third kappa shape index (κ3) is 4.55. The van der Waals surface area contributed by atoms with Crippen LogP contribution in [0.4, 0.5) is 5.82 Å². The van der Waals surface area contributed by atoms with E-state index in [0.29, 0.717) is 13.1 Å². The molecule has 0 N–H and O–H groups in total. The quantitative estimate of drug-likeness (QED) is 0.412. The number of carbonyl (C=O) groups excluding carboxylic acids is 1. The van der Waals surface area contributed by atoms with Crippen molar-refractivity contribution >= 4 is 28.8 Å². The Hall–Kier alpha value is -4.00. The minimum Gasteiger partial charge on any atom is -0.352 e. The Morgan fingerprint density at radius 3 is 2.35 bits per heavy atom. The molecule has 0 radical (unpaired) electrons. The van der Waals surface area contributed by atoms with Gasteiger partial charge in [-0.1, -0.05) is 55.5 Å². The Balaban J connectivity index is 1.37. The Labute approximate surface area is 199 Å². The number of fused-ring (bicyclic) bond motifs is 1. The van der Waals surface area contributed by atoms with E-state index in [1.807, 2.05) is 82.5 Å². The maximum absolute atomic E-state index is 12.7. The first-order chi connectivity index (χ1) is 16.7. The number of hydrogen-bond donors (Lipinski definition) is 0. The molecule has 3 heterocycles. The molecule has 1 saturated heterocycles. The Bertz CT molecular complexity index is 1290. The summed E-state index contributed by atoms with van der Waals surface area (Å²) >= 11 is 0. The highest BCUT2D eigenvalue weighted by Gasteiger charge is 2.24. The van der Waals surface area contributed by atoms with Crippen LogP contribution < -0.4 is 4.90 Å². The lowest BCUT2D eigenvalue weighted by atomic mass is 10.2. The van der Waals surface area contributed by atoms with Crippen LogP contribution in [-0.4, -0.2) is 56.7 Å². The highest BCUT2D eigenvalue weighted by molar-refractivity contribution is 5.92. The van der Waals surface area contributed by atoms with Crippen LogP contribution >= 0.6 is 0 Å². The number of piperazine rings is 1. The van der Waals surface area contributed by atoms with E-state index in [1.54, 1.807) is 6.08 Å². The largest absolute Gasteiger partial charge is 0.352 e. The van der Waals surface area contributed by atoms with Gasteiger partial charge in [0, 0.05) is 38.7 Å². The number of aryl methyl sites for hydroxylation is 1. The molecule has 7 heteroatoms. The highest BCUT2D eigenvalue weighted by Crippen LogP contribution is 2.27. The molecule has 1 fully saturated rings. The van der Waals surface area contributed by atoms with Gasteiger partial charge < -0.3 is 9.80 Å². The van der Waals surface area contributed by atoms with Crippen LogP contribution in [0.25, 0.3) is 22.8 Å². The van der Waals surface area contributed by atoms with E-state index in [9.17, 15) is 4.79 Å². The summed E-state index contributed by atoms with van der Waals surface area (Å²) in [5, 5.41) is 5.57. The van der Waals surface area contributed by atoms with Crippen molar-refractivity contribution in [1.82, 2.24) is 24.6 Å². The van der Waals surface area contributed by atoms with E-state index < -0.39 is 0 Å². The van der Waals surface area contributed by atoms with Gasteiger partial charge in [0.2, 0.25) is 5.91 Å². The van der Waals surface area contributed by atoms with Gasteiger partial charge in [-0.25, -0.2) is 14.6 Å². The normalized spacial score (nSPS) is 14.3. The van der Waals surface area contributed by atoms with Gasteiger partial charge in [-0.15, -0.1) is 0 Å². The van der Waals surface area contributed by atoms with Crippen molar-refractivity contribution in [3.63, 3.8) is 0 Å². The molecule has 34 heavy (non-hydrogen) atoms. The molecule has 0 spiro atoms. The van der Waals surface area contributed by atoms with Gasteiger partial charge in [0.15, 0.2) is 5.65 Å². The molecule has 5 rings (SSSR count). The number of aromatic nitrogens is 4. The third-order valence-electron chi connectivity index (χ3n) is 6.04. The molecular weight excluding hydrogens is 424 g/mol. The monoisotopic (exact) mass is 452 g/mol. The summed E-state index contributed by atoms with van der Waals surface area (Å²) in [5.74, 6) is 1.77. The van der Waals surface area contributed by atoms with E-state index in [0.717, 1.165) is 59.9 Å². The minimum absolute atomic E-state index is 0.0416. The zero-order valence-corrected chi connectivity index (χ0v) is 19.3. The van der Waals surface area contributed by atoms with Gasteiger partial charge in [0.25, 0.3) is 0 Å². The number of para-hydroxylation sites is 1. The molecular formula is C27H28N6O. The van der Waals surface area contributed by atoms with Gasteiger partial charge >= 0.3 is 0 Å². The number of benzene rings is 2. The maximum Gasteiger partial charge on any atom is 0.246 e. The second-order valence-corrected chi connectivity index (χ2v) is 8.40. The molecule has 0 aliphatic carbocycles.